The van der Waals surface area contributed by atoms with Gasteiger partial charge in [0.1, 0.15) is 17.2 Å². The van der Waals surface area contributed by atoms with Gasteiger partial charge in [-0.25, -0.2) is 14.8 Å². The van der Waals surface area contributed by atoms with Crippen molar-refractivity contribution in [1.82, 2.24) is 9.97 Å². The SMILES string of the molecule is CCC(CC)CNc1nc(C)ncc1C(=O)OC. The molecule has 0 unspecified atom stereocenters. The second kappa shape index (κ2) is 6.93. The molecule has 1 aromatic rings. The minimum Gasteiger partial charge on any atom is -0.465 e. The summed E-state index contributed by atoms with van der Waals surface area (Å²) in [6.45, 7) is 6.90. The number of aromatic nitrogens is 2. The van der Waals surface area contributed by atoms with E-state index in [9.17, 15) is 4.79 Å². The molecule has 0 spiro atoms. The molecule has 0 bridgehead atoms. The van der Waals surface area contributed by atoms with E-state index in [0.717, 1.165) is 19.4 Å². The summed E-state index contributed by atoms with van der Waals surface area (Å²) in [6, 6.07) is 0. The number of carbonyl (C=O) groups excluding carboxylic acids is 1. The number of hydrogen-bond acceptors (Lipinski definition) is 5. The van der Waals surface area contributed by atoms with Gasteiger partial charge in [0.05, 0.1) is 7.11 Å². The highest BCUT2D eigenvalue weighted by molar-refractivity contribution is 5.94. The largest absolute Gasteiger partial charge is 0.465 e. The number of nitrogens with one attached hydrogen (secondary N) is 1. The fourth-order valence-electron chi connectivity index (χ4n) is 1.68. The average Bonchev–Trinajstić information content (AvgIpc) is 2.39. The highest BCUT2D eigenvalue weighted by atomic mass is 16.5. The number of anilines is 1. The lowest BCUT2D eigenvalue weighted by Crippen LogP contribution is -2.17. The number of methoxy groups -OCH3 is 1. The molecule has 0 fully saturated rings. The Labute approximate surface area is 108 Å². The Balaban J connectivity index is 2.85. The van der Waals surface area contributed by atoms with Crippen molar-refractivity contribution >= 4 is 11.8 Å². The predicted molar refractivity (Wildman–Crippen MR) is 70.7 cm³/mol. The minimum atomic E-state index is -0.415. The van der Waals surface area contributed by atoms with Crippen LogP contribution in [0.1, 0.15) is 42.9 Å². The maximum Gasteiger partial charge on any atom is 0.343 e. The van der Waals surface area contributed by atoms with Crippen LogP contribution < -0.4 is 5.32 Å². The summed E-state index contributed by atoms with van der Waals surface area (Å²) in [5.74, 6) is 1.35. The summed E-state index contributed by atoms with van der Waals surface area (Å²) in [6.07, 6.45) is 3.70. The first-order valence-electron chi connectivity index (χ1n) is 6.28. The maximum absolute atomic E-state index is 11.6. The molecule has 1 N–H and O–H groups in total. The lowest BCUT2D eigenvalue weighted by molar-refractivity contribution is 0.0601. The van der Waals surface area contributed by atoms with E-state index in [1.54, 1.807) is 6.92 Å². The third kappa shape index (κ3) is 3.68. The van der Waals surface area contributed by atoms with E-state index in [0.29, 0.717) is 23.1 Å². The topological polar surface area (TPSA) is 64.1 Å². The number of nitrogens with zero attached hydrogens (tertiary/aromatic N) is 2. The molecule has 0 amide bonds. The molecule has 18 heavy (non-hydrogen) atoms. The molecule has 0 atom stereocenters. The molecule has 1 rings (SSSR count). The van der Waals surface area contributed by atoms with E-state index < -0.39 is 5.97 Å². The molecular weight excluding hydrogens is 230 g/mol. The molecule has 0 aromatic carbocycles. The Hall–Kier alpha value is -1.65. The van der Waals surface area contributed by atoms with Crippen molar-refractivity contribution in [3.8, 4) is 0 Å². The van der Waals surface area contributed by atoms with Crippen LogP contribution in [0.2, 0.25) is 0 Å². The van der Waals surface area contributed by atoms with Gasteiger partial charge in [0.2, 0.25) is 0 Å². The lowest BCUT2D eigenvalue weighted by Gasteiger charge is -2.15. The van der Waals surface area contributed by atoms with Crippen molar-refractivity contribution in [1.29, 1.82) is 0 Å². The zero-order valence-corrected chi connectivity index (χ0v) is 11.5. The number of aryl methyl sites for hydroxylation is 1. The van der Waals surface area contributed by atoms with Gasteiger partial charge in [0, 0.05) is 12.7 Å². The first-order valence-corrected chi connectivity index (χ1v) is 6.28. The normalized spacial score (nSPS) is 10.5. The van der Waals surface area contributed by atoms with Gasteiger partial charge in [-0.3, -0.25) is 0 Å². The summed E-state index contributed by atoms with van der Waals surface area (Å²) in [5.41, 5.74) is 0.383. The van der Waals surface area contributed by atoms with Crippen molar-refractivity contribution in [3.05, 3.63) is 17.6 Å². The zero-order valence-electron chi connectivity index (χ0n) is 11.5. The average molecular weight is 251 g/mol. The quantitative estimate of drug-likeness (QED) is 0.787. The van der Waals surface area contributed by atoms with Crippen LogP contribution in [-0.4, -0.2) is 29.6 Å². The molecule has 0 saturated carbocycles. The van der Waals surface area contributed by atoms with Crippen molar-refractivity contribution in [2.75, 3.05) is 19.0 Å². The highest BCUT2D eigenvalue weighted by Crippen LogP contribution is 2.15. The van der Waals surface area contributed by atoms with E-state index in [1.165, 1.54) is 13.3 Å². The van der Waals surface area contributed by atoms with Gasteiger partial charge in [0.15, 0.2) is 0 Å². The van der Waals surface area contributed by atoms with Gasteiger partial charge in [-0.15, -0.1) is 0 Å². The molecule has 0 radical (unpaired) electrons. The number of rotatable bonds is 6. The Morgan fingerprint density at radius 1 is 1.44 bits per heavy atom. The summed E-state index contributed by atoms with van der Waals surface area (Å²) >= 11 is 0. The highest BCUT2D eigenvalue weighted by Gasteiger charge is 2.15. The number of ether oxygens (including phenoxy) is 1. The van der Waals surface area contributed by atoms with Crippen LogP contribution in [0.15, 0.2) is 6.20 Å². The first kappa shape index (κ1) is 14.4. The number of hydrogen-bond donors (Lipinski definition) is 1. The van der Waals surface area contributed by atoms with E-state index in [4.69, 9.17) is 4.74 Å². The van der Waals surface area contributed by atoms with E-state index in [-0.39, 0.29) is 0 Å². The predicted octanol–water partition coefficient (Wildman–Crippen LogP) is 2.42. The van der Waals surface area contributed by atoms with Crippen LogP contribution in [-0.2, 0) is 4.74 Å². The van der Waals surface area contributed by atoms with Gasteiger partial charge < -0.3 is 10.1 Å². The van der Waals surface area contributed by atoms with E-state index in [1.807, 2.05) is 0 Å². The standard InChI is InChI=1S/C13H21N3O2/c1-5-10(6-2)7-15-12-11(13(17)18-4)8-14-9(3)16-12/h8,10H,5-7H2,1-4H3,(H,14,15,16). The van der Waals surface area contributed by atoms with Crippen LogP contribution in [0, 0.1) is 12.8 Å². The van der Waals surface area contributed by atoms with Crippen LogP contribution in [0.4, 0.5) is 5.82 Å². The molecule has 5 nitrogen and oxygen atoms in total. The second-order valence-corrected chi connectivity index (χ2v) is 4.23. The number of carbonyl (C=O) groups is 1. The monoisotopic (exact) mass is 251 g/mol. The van der Waals surface area contributed by atoms with Gasteiger partial charge in [-0.2, -0.15) is 0 Å². The minimum absolute atomic E-state index is 0.383. The van der Waals surface area contributed by atoms with Crippen molar-refractivity contribution in [3.63, 3.8) is 0 Å². The fraction of sp³-hybridized carbons (Fsp3) is 0.615. The molecule has 0 aliphatic carbocycles. The summed E-state index contributed by atoms with van der Waals surface area (Å²) < 4.78 is 4.72. The molecular formula is C13H21N3O2. The van der Waals surface area contributed by atoms with Gasteiger partial charge in [-0.1, -0.05) is 26.7 Å². The summed E-state index contributed by atoms with van der Waals surface area (Å²) in [5, 5.41) is 3.22. The third-order valence-corrected chi connectivity index (χ3v) is 3.03. The molecule has 0 aliphatic heterocycles. The molecule has 5 heteroatoms. The zero-order chi connectivity index (χ0) is 13.5. The van der Waals surface area contributed by atoms with Crippen LogP contribution in [0.25, 0.3) is 0 Å². The van der Waals surface area contributed by atoms with Crippen LogP contribution >= 0.6 is 0 Å². The Morgan fingerprint density at radius 2 is 2.11 bits per heavy atom. The Morgan fingerprint density at radius 3 is 2.67 bits per heavy atom. The van der Waals surface area contributed by atoms with Gasteiger partial charge in [0.25, 0.3) is 0 Å². The second-order valence-electron chi connectivity index (χ2n) is 4.23. The van der Waals surface area contributed by atoms with Crippen LogP contribution in [0.5, 0.6) is 0 Å². The van der Waals surface area contributed by atoms with Gasteiger partial charge >= 0.3 is 5.97 Å². The lowest BCUT2D eigenvalue weighted by atomic mass is 10.0. The maximum atomic E-state index is 11.6. The van der Waals surface area contributed by atoms with Crippen molar-refractivity contribution < 1.29 is 9.53 Å². The van der Waals surface area contributed by atoms with Crippen LogP contribution in [0.3, 0.4) is 0 Å². The molecule has 1 heterocycles. The van der Waals surface area contributed by atoms with E-state index >= 15 is 0 Å². The first-order chi connectivity index (χ1) is 8.62. The van der Waals surface area contributed by atoms with E-state index in [2.05, 4.69) is 29.1 Å². The van der Waals surface area contributed by atoms with Crippen molar-refractivity contribution in [2.45, 2.75) is 33.6 Å². The smallest absolute Gasteiger partial charge is 0.343 e. The molecule has 0 aliphatic rings. The van der Waals surface area contributed by atoms with Crippen molar-refractivity contribution in [2.24, 2.45) is 5.92 Å². The summed E-state index contributed by atoms with van der Waals surface area (Å²) in [4.78, 5) is 19.9. The third-order valence-electron chi connectivity index (χ3n) is 3.03. The summed E-state index contributed by atoms with van der Waals surface area (Å²) in [7, 11) is 1.35. The molecule has 100 valence electrons. The van der Waals surface area contributed by atoms with Gasteiger partial charge in [-0.05, 0) is 12.8 Å². The fourth-order valence-corrected chi connectivity index (χ4v) is 1.68. The Bertz CT molecular complexity index is 403. The Kier molecular flexibility index (Phi) is 5.55. The number of esters is 1. The molecule has 0 saturated heterocycles. The molecule has 1 aromatic heterocycles.